The van der Waals surface area contributed by atoms with E-state index in [1.807, 2.05) is 6.92 Å². The molecule has 3 N–H and O–H groups in total. The molecule has 2 rings (SSSR count). The molecule has 0 aliphatic carbocycles. The van der Waals surface area contributed by atoms with Crippen molar-refractivity contribution in [2.24, 2.45) is 0 Å². The number of nitrogens with zero attached hydrogens (tertiary/aromatic N) is 1. The van der Waals surface area contributed by atoms with E-state index in [1.165, 1.54) is 4.57 Å². The van der Waals surface area contributed by atoms with Crippen molar-refractivity contribution in [2.45, 2.75) is 32.7 Å². The molecule has 0 aliphatic rings. The number of pyridine rings is 1. The van der Waals surface area contributed by atoms with E-state index in [2.05, 4.69) is 5.32 Å². The summed E-state index contributed by atoms with van der Waals surface area (Å²) in [7, 11) is 0. The molecular weight excluding hydrogens is 278 g/mol. The number of hydrogen-bond donors (Lipinski definition) is 2. The number of carbonyl (C=O) groups excluding carboxylic acids is 1. The van der Waals surface area contributed by atoms with Gasteiger partial charge in [-0.15, -0.1) is 0 Å². The van der Waals surface area contributed by atoms with Gasteiger partial charge in [0.2, 0.25) is 5.91 Å². The maximum atomic E-state index is 12.6. The fourth-order valence-corrected chi connectivity index (χ4v) is 2.38. The first-order valence-electron chi connectivity index (χ1n) is 7.37. The van der Waals surface area contributed by atoms with Crippen LogP contribution in [0.25, 0.3) is 0 Å². The Bertz CT molecular complexity index is 722. The van der Waals surface area contributed by atoms with Crippen molar-refractivity contribution >= 4 is 17.3 Å². The Morgan fingerprint density at radius 2 is 2.09 bits per heavy atom. The Morgan fingerprint density at radius 3 is 2.77 bits per heavy atom. The van der Waals surface area contributed by atoms with Crippen molar-refractivity contribution in [1.29, 1.82) is 0 Å². The summed E-state index contributed by atoms with van der Waals surface area (Å²) < 4.78 is 1.50. The number of aromatic nitrogens is 1. The normalized spacial score (nSPS) is 11.9. The van der Waals surface area contributed by atoms with E-state index >= 15 is 0 Å². The fraction of sp³-hybridized carbons (Fsp3) is 0.294. The molecule has 0 radical (unpaired) electrons. The second-order valence-electron chi connectivity index (χ2n) is 5.32. The third kappa shape index (κ3) is 3.55. The van der Waals surface area contributed by atoms with E-state index in [1.54, 1.807) is 49.5 Å². The molecule has 0 spiro atoms. The average molecular weight is 299 g/mol. The summed E-state index contributed by atoms with van der Waals surface area (Å²) in [5.41, 5.74) is 7.42. The lowest BCUT2D eigenvalue weighted by atomic mass is 10.1. The highest BCUT2D eigenvalue weighted by Crippen LogP contribution is 2.17. The van der Waals surface area contributed by atoms with E-state index in [-0.39, 0.29) is 11.5 Å². The molecule has 1 amide bonds. The van der Waals surface area contributed by atoms with Gasteiger partial charge in [-0.2, -0.15) is 0 Å². The van der Waals surface area contributed by atoms with E-state index in [4.69, 9.17) is 5.73 Å². The second kappa shape index (κ2) is 6.93. The minimum absolute atomic E-state index is 0.135. The molecule has 22 heavy (non-hydrogen) atoms. The molecule has 1 aromatic heterocycles. The lowest BCUT2D eigenvalue weighted by Gasteiger charge is -2.19. The number of nitrogens with two attached hydrogens (primary N) is 1. The van der Waals surface area contributed by atoms with Gasteiger partial charge in [0.25, 0.3) is 5.56 Å². The minimum Gasteiger partial charge on any atom is -0.399 e. The van der Waals surface area contributed by atoms with Gasteiger partial charge in [-0.25, -0.2) is 0 Å². The van der Waals surface area contributed by atoms with Gasteiger partial charge in [-0.05, 0) is 37.6 Å². The number of aryl methyl sites for hydroxylation is 1. The standard InChI is InChI=1S/C17H21N3O2/c1-3-6-15(20-10-5-7-12(2)17(20)22)16(21)19-14-9-4-8-13(18)11-14/h4-5,7-11,15H,3,6,18H2,1-2H3,(H,19,21). The zero-order chi connectivity index (χ0) is 16.1. The van der Waals surface area contributed by atoms with Crippen LogP contribution in [0.3, 0.4) is 0 Å². The first-order valence-corrected chi connectivity index (χ1v) is 7.37. The number of carbonyl (C=O) groups is 1. The lowest BCUT2D eigenvalue weighted by molar-refractivity contribution is -0.119. The minimum atomic E-state index is -0.529. The molecule has 0 saturated carbocycles. The zero-order valence-corrected chi connectivity index (χ0v) is 12.9. The smallest absolute Gasteiger partial charge is 0.254 e. The summed E-state index contributed by atoms with van der Waals surface area (Å²) in [6.45, 7) is 3.74. The fourth-order valence-electron chi connectivity index (χ4n) is 2.38. The molecular formula is C17H21N3O2. The predicted molar refractivity (Wildman–Crippen MR) is 88.9 cm³/mol. The quantitative estimate of drug-likeness (QED) is 0.833. The van der Waals surface area contributed by atoms with Crippen molar-refractivity contribution in [3.63, 3.8) is 0 Å². The van der Waals surface area contributed by atoms with Crippen LogP contribution >= 0.6 is 0 Å². The van der Waals surface area contributed by atoms with Crippen molar-refractivity contribution in [1.82, 2.24) is 4.57 Å². The van der Waals surface area contributed by atoms with Crippen LogP contribution in [0.1, 0.15) is 31.4 Å². The summed E-state index contributed by atoms with van der Waals surface area (Å²) in [4.78, 5) is 24.8. The van der Waals surface area contributed by atoms with E-state index < -0.39 is 6.04 Å². The summed E-state index contributed by atoms with van der Waals surface area (Å²) in [5.74, 6) is -0.208. The number of amides is 1. The third-order valence-corrected chi connectivity index (χ3v) is 3.52. The van der Waals surface area contributed by atoms with E-state index in [0.29, 0.717) is 23.4 Å². The van der Waals surface area contributed by atoms with Gasteiger partial charge < -0.3 is 15.6 Å². The number of benzene rings is 1. The largest absolute Gasteiger partial charge is 0.399 e. The first kappa shape index (κ1) is 15.8. The molecule has 0 aliphatic heterocycles. The van der Waals surface area contributed by atoms with Gasteiger partial charge >= 0.3 is 0 Å². The number of rotatable bonds is 5. The van der Waals surface area contributed by atoms with Gasteiger partial charge in [0.05, 0.1) is 0 Å². The summed E-state index contributed by atoms with van der Waals surface area (Å²) in [6, 6.07) is 10.0. The van der Waals surface area contributed by atoms with Crippen molar-refractivity contribution in [2.75, 3.05) is 11.1 Å². The van der Waals surface area contributed by atoms with Gasteiger partial charge in [0.1, 0.15) is 6.04 Å². The molecule has 0 bridgehead atoms. The molecule has 0 saturated heterocycles. The maximum Gasteiger partial charge on any atom is 0.254 e. The van der Waals surface area contributed by atoms with Crippen LogP contribution in [0.2, 0.25) is 0 Å². The van der Waals surface area contributed by atoms with E-state index in [9.17, 15) is 9.59 Å². The highest BCUT2D eigenvalue weighted by molar-refractivity contribution is 5.94. The lowest BCUT2D eigenvalue weighted by Crippen LogP contribution is -2.33. The molecule has 1 atom stereocenters. The Balaban J connectivity index is 2.29. The van der Waals surface area contributed by atoms with Crippen LogP contribution in [0.5, 0.6) is 0 Å². The summed E-state index contributed by atoms with van der Waals surface area (Å²) >= 11 is 0. The van der Waals surface area contributed by atoms with Gasteiger partial charge in [0.15, 0.2) is 0 Å². The SMILES string of the molecule is CCCC(C(=O)Nc1cccc(N)c1)n1cccc(C)c1=O. The molecule has 1 heterocycles. The number of hydrogen-bond acceptors (Lipinski definition) is 3. The third-order valence-electron chi connectivity index (χ3n) is 3.52. The van der Waals surface area contributed by atoms with Crippen LogP contribution in [-0.2, 0) is 4.79 Å². The van der Waals surface area contributed by atoms with E-state index in [0.717, 1.165) is 6.42 Å². The number of nitrogens with one attached hydrogen (secondary N) is 1. The van der Waals surface area contributed by atoms with Crippen LogP contribution < -0.4 is 16.6 Å². The zero-order valence-electron chi connectivity index (χ0n) is 12.9. The van der Waals surface area contributed by atoms with Crippen LogP contribution in [-0.4, -0.2) is 10.5 Å². The van der Waals surface area contributed by atoms with Crippen LogP contribution in [0.15, 0.2) is 47.4 Å². The highest BCUT2D eigenvalue weighted by Gasteiger charge is 2.21. The van der Waals surface area contributed by atoms with Crippen molar-refractivity contribution < 1.29 is 4.79 Å². The molecule has 116 valence electrons. The Labute approximate surface area is 129 Å². The van der Waals surface area contributed by atoms with Crippen LogP contribution in [0, 0.1) is 6.92 Å². The predicted octanol–water partition coefficient (Wildman–Crippen LogP) is 2.72. The maximum absolute atomic E-state index is 12.6. The summed E-state index contributed by atoms with van der Waals surface area (Å²) in [5, 5.41) is 2.83. The van der Waals surface area contributed by atoms with Crippen LogP contribution in [0.4, 0.5) is 11.4 Å². The molecule has 1 unspecified atom stereocenters. The second-order valence-corrected chi connectivity index (χ2v) is 5.32. The molecule has 2 aromatic rings. The van der Waals surface area contributed by atoms with Gasteiger partial charge in [-0.3, -0.25) is 9.59 Å². The number of anilines is 2. The molecule has 5 heteroatoms. The number of nitrogen functional groups attached to an aromatic ring is 1. The monoisotopic (exact) mass is 299 g/mol. The average Bonchev–Trinajstić information content (AvgIpc) is 2.48. The highest BCUT2D eigenvalue weighted by atomic mass is 16.2. The first-order chi connectivity index (χ1) is 10.5. The Morgan fingerprint density at radius 1 is 1.32 bits per heavy atom. The molecule has 1 aromatic carbocycles. The van der Waals surface area contributed by atoms with Gasteiger partial charge in [0, 0.05) is 23.1 Å². The Hall–Kier alpha value is -2.56. The Kier molecular flexibility index (Phi) is 4.99. The topological polar surface area (TPSA) is 77.1 Å². The van der Waals surface area contributed by atoms with Crippen molar-refractivity contribution in [3.8, 4) is 0 Å². The molecule has 0 fully saturated rings. The van der Waals surface area contributed by atoms with Gasteiger partial charge in [-0.1, -0.05) is 25.5 Å². The molecule has 5 nitrogen and oxygen atoms in total. The summed E-state index contributed by atoms with van der Waals surface area (Å²) in [6.07, 6.45) is 3.06. The van der Waals surface area contributed by atoms with Crippen molar-refractivity contribution in [3.05, 3.63) is 58.5 Å².